The molecule has 0 spiro atoms. The van der Waals surface area contributed by atoms with Gasteiger partial charge in [0.25, 0.3) is 5.91 Å². The summed E-state index contributed by atoms with van der Waals surface area (Å²) in [6, 6.07) is 7.55. The fourth-order valence-electron chi connectivity index (χ4n) is 3.01. The molecular weight excluding hydrogens is 394 g/mol. The van der Waals surface area contributed by atoms with Crippen molar-refractivity contribution in [2.24, 2.45) is 0 Å². The van der Waals surface area contributed by atoms with Crippen molar-refractivity contribution in [1.82, 2.24) is 14.1 Å². The van der Waals surface area contributed by atoms with Crippen LogP contribution in [0.3, 0.4) is 0 Å². The number of aromatic nitrogens is 2. The normalized spacial score (nSPS) is 18.9. The number of carbonyl (C=O) groups is 1. The number of rotatable bonds is 3. The fourth-order valence-corrected chi connectivity index (χ4v) is 4.92. The highest BCUT2D eigenvalue weighted by atomic mass is 79.9. The van der Waals surface area contributed by atoms with E-state index in [4.69, 9.17) is 0 Å². The second kappa shape index (κ2) is 6.42. The first-order valence-electron chi connectivity index (χ1n) is 7.65. The molecule has 1 aromatic carbocycles. The lowest BCUT2D eigenvalue weighted by molar-refractivity contribution is 0.0813. The van der Waals surface area contributed by atoms with Crippen molar-refractivity contribution >= 4 is 31.9 Å². The zero-order valence-corrected chi connectivity index (χ0v) is 15.8. The molecule has 8 heteroatoms. The average Bonchev–Trinajstić information content (AvgIpc) is 3.14. The smallest absolute Gasteiger partial charge is 0.265 e. The number of sulfonamides is 1. The summed E-state index contributed by atoms with van der Waals surface area (Å²) in [5.74, 6) is -0.293. The quantitative estimate of drug-likeness (QED) is 0.777. The van der Waals surface area contributed by atoms with Crippen molar-refractivity contribution in [2.75, 3.05) is 6.54 Å². The molecule has 1 aliphatic rings. The highest BCUT2D eigenvalue weighted by Crippen LogP contribution is 2.28. The van der Waals surface area contributed by atoms with E-state index in [-0.39, 0.29) is 10.8 Å². The third kappa shape index (κ3) is 3.05. The summed E-state index contributed by atoms with van der Waals surface area (Å²) in [5.41, 5.74) is 1.45. The van der Waals surface area contributed by atoms with E-state index in [1.165, 1.54) is 8.99 Å². The number of hydrogen-bond donors (Lipinski definition) is 0. The van der Waals surface area contributed by atoms with Crippen LogP contribution in [0.2, 0.25) is 0 Å². The van der Waals surface area contributed by atoms with Gasteiger partial charge in [0.1, 0.15) is 6.04 Å². The van der Waals surface area contributed by atoms with Crippen molar-refractivity contribution in [3.8, 4) is 0 Å². The molecule has 1 aliphatic heterocycles. The Morgan fingerprint density at radius 1 is 1.25 bits per heavy atom. The predicted molar refractivity (Wildman–Crippen MR) is 93.4 cm³/mol. The maximum atomic E-state index is 12.9. The predicted octanol–water partition coefficient (Wildman–Crippen LogP) is 2.76. The van der Waals surface area contributed by atoms with E-state index in [0.717, 1.165) is 10.2 Å². The number of aryl methyl sites for hydroxylation is 2. The third-order valence-electron chi connectivity index (χ3n) is 4.13. The van der Waals surface area contributed by atoms with Crippen LogP contribution in [0.25, 0.3) is 0 Å². The van der Waals surface area contributed by atoms with Gasteiger partial charge >= 0.3 is 0 Å². The maximum Gasteiger partial charge on any atom is 0.265 e. The Morgan fingerprint density at radius 2 is 1.92 bits per heavy atom. The zero-order chi connectivity index (χ0) is 17.5. The maximum absolute atomic E-state index is 12.9. The van der Waals surface area contributed by atoms with Gasteiger partial charge < -0.3 is 0 Å². The molecule has 2 heterocycles. The van der Waals surface area contributed by atoms with Crippen molar-refractivity contribution in [2.45, 2.75) is 37.6 Å². The number of hydrogen-bond acceptors (Lipinski definition) is 4. The Bertz CT molecular complexity index is 874. The van der Waals surface area contributed by atoms with Crippen molar-refractivity contribution in [3.63, 3.8) is 0 Å². The number of benzene rings is 1. The van der Waals surface area contributed by atoms with Gasteiger partial charge in [-0.1, -0.05) is 15.9 Å². The lowest BCUT2D eigenvalue weighted by atomic mass is 10.2. The van der Waals surface area contributed by atoms with E-state index in [0.29, 0.717) is 25.1 Å². The highest BCUT2D eigenvalue weighted by Gasteiger charge is 2.40. The topological polar surface area (TPSA) is 72.3 Å². The summed E-state index contributed by atoms with van der Waals surface area (Å²) >= 11 is 3.30. The Hall–Kier alpha value is -1.51. The molecule has 0 amide bonds. The van der Waals surface area contributed by atoms with Gasteiger partial charge in [-0.25, -0.2) is 13.1 Å². The molecule has 0 aliphatic carbocycles. The largest absolute Gasteiger partial charge is 0.271 e. The number of nitrogens with zero attached hydrogens (tertiary/aromatic N) is 3. The van der Waals surface area contributed by atoms with Crippen LogP contribution in [0.1, 0.15) is 29.0 Å². The van der Waals surface area contributed by atoms with E-state index < -0.39 is 16.1 Å². The molecule has 1 fully saturated rings. The first kappa shape index (κ1) is 17.3. The van der Waals surface area contributed by atoms with Crippen LogP contribution in [0, 0.1) is 13.8 Å². The van der Waals surface area contributed by atoms with E-state index in [2.05, 4.69) is 21.0 Å². The van der Waals surface area contributed by atoms with Crippen LogP contribution < -0.4 is 0 Å². The molecule has 0 radical (unpaired) electrons. The summed E-state index contributed by atoms with van der Waals surface area (Å²) in [4.78, 5) is 13.0. The van der Waals surface area contributed by atoms with Crippen LogP contribution >= 0.6 is 15.9 Å². The van der Waals surface area contributed by atoms with Crippen LogP contribution in [-0.2, 0) is 10.0 Å². The molecule has 0 N–H and O–H groups in total. The monoisotopic (exact) mass is 411 g/mol. The molecule has 0 bridgehead atoms. The standard InChI is InChI=1S/C16H18BrN3O3S/c1-11-10-12(2)20(18-11)16(21)15-4-3-9-19(15)24(22,23)14-7-5-13(17)6-8-14/h5-8,10,15H,3-4,9H2,1-2H3/t15-/m0/s1. The Kier molecular flexibility index (Phi) is 4.63. The van der Waals surface area contributed by atoms with Gasteiger partial charge in [-0.2, -0.15) is 9.40 Å². The van der Waals surface area contributed by atoms with Gasteiger partial charge in [-0.15, -0.1) is 0 Å². The van der Waals surface area contributed by atoms with Gasteiger partial charge in [0.15, 0.2) is 0 Å². The molecule has 24 heavy (non-hydrogen) atoms. The van der Waals surface area contributed by atoms with Crippen LogP contribution in [-0.4, -0.2) is 41.0 Å². The second-order valence-corrected chi connectivity index (χ2v) is 8.71. The SMILES string of the molecule is Cc1cc(C)n(C(=O)[C@@H]2CCCN2S(=O)(=O)c2ccc(Br)cc2)n1. The van der Waals surface area contributed by atoms with E-state index in [9.17, 15) is 13.2 Å². The lowest BCUT2D eigenvalue weighted by Crippen LogP contribution is -2.43. The Labute approximate surface area is 149 Å². The summed E-state index contributed by atoms with van der Waals surface area (Å²) in [5, 5.41) is 4.20. The summed E-state index contributed by atoms with van der Waals surface area (Å²) < 4.78 is 29.2. The molecule has 3 rings (SSSR count). The van der Waals surface area contributed by atoms with E-state index in [1.54, 1.807) is 37.3 Å². The Morgan fingerprint density at radius 3 is 2.50 bits per heavy atom. The molecule has 6 nitrogen and oxygen atoms in total. The zero-order valence-electron chi connectivity index (χ0n) is 13.4. The molecule has 0 saturated carbocycles. The van der Waals surface area contributed by atoms with Crippen molar-refractivity contribution in [1.29, 1.82) is 0 Å². The fraction of sp³-hybridized carbons (Fsp3) is 0.375. The molecule has 1 saturated heterocycles. The molecule has 128 valence electrons. The molecule has 2 aromatic rings. The molecule has 1 atom stereocenters. The van der Waals surface area contributed by atoms with Crippen LogP contribution in [0.4, 0.5) is 0 Å². The molecular formula is C16H18BrN3O3S. The van der Waals surface area contributed by atoms with E-state index in [1.807, 2.05) is 6.92 Å². The average molecular weight is 412 g/mol. The lowest BCUT2D eigenvalue weighted by Gasteiger charge is -2.23. The van der Waals surface area contributed by atoms with Crippen molar-refractivity contribution in [3.05, 3.63) is 46.2 Å². The summed E-state index contributed by atoms with van der Waals surface area (Å²) in [6.07, 6.45) is 1.17. The third-order valence-corrected chi connectivity index (χ3v) is 6.58. The minimum Gasteiger partial charge on any atom is -0.271 e. The van der Waals surface area contributed by atoms with Crippen molar-refractivity contribution < 1.29 is 13.2 Å². The molecule has 1 aromatic heterocycles. The van der Waals surface area contributed by atoms with Crippen LogP contribution in [0.15, 0.2) is 39.7 Å². The van der Waals surface area contributed by atoms with Gasteiger partial charge in [-0.05, 0) is 57.0 Å². The highest BCUT2D eigenvalue weighted by molar-refractivity contribution is 9.10. The number of halogens is 1. The minimum atomic E-state index is -3.71. The first-order chi connectivity index (χ1) is 11.3. The summed E-state index contributed by atoms with van der Waals surface area (Å²) in [6.45, 7) is 3.94. The van der Waals surface area contributed by atoms with Gasteiger partial charge in [0.2, 0.25) is 10.0 Å². The van der Waals surface area contributed by atoms with E-state index >= 15 is 0 Å². The van der Waals surface area contributed by atoms with Gasteiger partial charge in [0, 0.05) is 16.7 Å². The minimum absolute atomic E-state index is 0.193. The van der Waals surface area contributed by atoms with Gasteiger partial charge in [0.05, 0.1) is 10.6 Å². The molecule has 0 unspecified atom stereocenters. The summed E-state index contributed by atoms with van der Waals surface area (Å²) in [7, 11) is -3.71. The van der Waals surface area contributed by atoms with Crippen LogP contribution in [0.5, 0.6) is 0 Å². The Balaban J connectivity index is 1.94. The van der Waals surface area contributed by atoms with Gasteiger partial charge in [-0.3, -0.25) is 4.79 Å². The first-order valence-corrected chi connectivity index (χ1v) is 9.89. The number of carbonyl (C=O) groups excluding carboxylic acids is 1. The second-order valence-electron chi connectivity index (χ2n) is 5.90.